The highest BCUT2D eigenvalue weighted by Crippen LogP contribution is 2.30. The van der Waals surface area contributed by atoms with E-state index in [4.69, 9.17) is 39.4 Å². The van der Waals surface area contributed by atoms with Crippen molar-refractivity contribution in [3.8, 4) is 5.75 Å². The first-order valence-electron chi connectivity index (χ1n) is 14.5. The molecule has 0 radical (unpaired) electrons. The summed E-state index contributed by atoms with van der Waals surface area (Å²) in [5, 5.41) is 5.78. The number of carbonyl (C=O) groups excluding carboxylic acids is 3. The molecule has 4 aromatic rings. The summed E-state index contributed by atoms with van der Waals surface area (Å²) in [6, 6.07) is 24.5. The van der Waals surface area contributed by atoms with Crippen molar-refractivity contribution in [1.29, 1.82) is 0 Å². The highest BCUT2D eigenvalue weighted by atomic mass is 35.5. The van der Waals surface area contributed by atoms with Crippen LogP contribution in [0.5, 0.6) is 5.75 Å². The highest BCUT2D eigenvalue weighted by molar-refractivity contribution is 6.41. The summed E-state index contributed by atoms with van der Waals surface area (Å²) in [5.74, 6) is -2.12. The third kappa shape index (κ3) is 9.28. The van der Waals surface area contributed by atoms with E-state index in [0.717, 1.165) is 22.3 Å². The molecule has 0 aliphatic rings. The molecule has 3 aromatic carbocycles. The van der Waals surface area contributed by atoms with Crippen LogP contribution in [0.2, 0.25) is 10.2 Å². The molecule has 0 saturated carbocycles. The van der Waals surface area contributed by atoms with Gasteiger partial charge in [-0.05, 0) is 53.8 Å². The molecule has 45 heavy (non-hydrogen) atoms. The lowest BCUT2D eigenvalue weighted by atomic mass is 9.91. The van der Waals surface area contributed by atoms with Crippen LogP contribution >= 0.6 is 23.2 Å². The van der Waals surface area contributed by atoms with Crippen LogP contribution in [0.3, 0.4) is 0 Å². The van der Waals surface area contributed by atoms with Gasteiger partial charge in [0.15, 0.2) is 0 Å². The minimum Gasteiger partial charge on any atom is -0.494 e. The number of aromatic nitrogens is 1. The van der Waals surface area contributed by atoms with Gasteiger partial charge in [0.2, 0.25) is 11.8 Å². The Hall–Kier alpha value is -4.44. The number of pyridine rings is 1. The van der Waals surface area contributed by atoms with Crippen LogP contribution < -0.4 is 26.8 Å². The maximum atomic E-state index is 14.1. The van der Waals surface area contributed by atoms with Gasteiger partial charge in [-0.3, -0.25) is 14.4 Å². The molecule has 234 valence electrons. The van der Waals surface area contributed by atoms with E-state index in [0.29, 0.717) is 18.9 Å². The number of primary amides is 1. The molecular formula is C34H35Cl2N5O4. The first-order valence-corrected chi connectivity index (χ1v) is 15.2. The second kappa shape index (κ2) is 16.0. The standard InChI is InChI=1S/C34H35Cl2N5O4/c1-2-45-25-14-12-22(13-15-25)16-27(30-26(32(38)42)18-28(35)31(36)41-30)33(43)40-29(17-21-6-4-3-5-7-21)34(44)39-20-24-10-8-23(19-37)9-11-24/h3-15,18,27,29H,2,16-17,19-20,37H2,1H3,(H2,38,42)(H,39,44)(H,40,43)/t27-,29+/m1/s1. The zero-order valence-electron chi connectivity index (χ0n) is 24.8. The minimum absolute atomic E-state index is 0.0234. The van der Waals surface area contributed by atoms with Crippen molar-refractivity contribution in [3.63, 3.8) is 0 Å². The van der Waals surface area contributed by atoms with Crippen LogP contribution in [0.1, 0.15) is 51.1 Å². The van der Waals surface area contributed by atoms with E-state index in [1.54, 1.807) is 12.1 Å². The molecule has 0 fully saturated rings. The second-order valence-corrected chi connectivity index (χ2v) is 11.1. The summed E-state index contributed by atoms with van der Waals surface area (Å²) < 4.78 is 5.54. The molecule has 0 aliphatic carbocycles. The predicted octanol–water partition coefficient (Wildman–Crippen LogP) is 4.71. The van der Waals surface area contributed by atoms with Crippen molar-refractivity contribution < 1.29 is 19.1 Å². The number of nitrogens with two attached hydrogens (primary N) is 2. The number of amides is 3. The Bertz CT molecular complexity index is 1620. The number of halogens is 2. The normalized spacial score (nSPS) is 12.2. The lowest BCUT2D eigenvalue weighted by molar-refractivity contribution is -0.129. The Kier molecular flexibility index (Phi) is 11.9. The van der Waals surface area contributed by atoms with Gasteiger partial charge in [-0.25, -0.2) is 4.98 Å². The van der Waals surface area contributed by atoms with Crippen molar-refractivity contribution in [2.75, 3.05) is 6.61 Å². The molecule has 9 nitrogen and oxygen atoms in total. The van der Waals surface area contributed by atoms with Crippen molar-refractivity contribution in [2.45, 2.75) is 44.8 Å². The van der Waals surface area contributed by atoms with Crippen LogP contribution in [0.25, 0.3) is 0 Å². The summed E-state index contributed by atoms with van der Waals surface area (Å²) in [5.41, 5.74) is 14.9. The molecule has 0 aliphatic heterocycles. The predicted molar refractivity (Wildman–Crippen MR) is 175 cm³/mol. The molecular weight excluding hydrogens is 613 g/mol. The second-order valence-electron chi connectivity index (χ2n) is 10.4. The largest absolute Gasteiger partial charge is 0.494 e. The summed E-state index contributed by atoms with van der Waals surface area (Å²) in [4.78, 5) is 44.5. The van der Waals surface area contributed by atoms with Crippen molar-refractivity contribution in [2.24, 2.45) is 11.5 Å². The van der Waals surface area contributed by atoms with Crippen LogP contribution in [0.4, 0.5) is 0 Å². The van der Waals surface area contributed by atoms with Crippen LogP contribution in [-0.2, 0) is 35.5 Å². The van der Waals surface area contributed by atoms with Gasteiger partial charge < -0.3 is 26.8 Å². The quantitative estimate of drug-likeness (QED) is 0.146. The molecule has 4 rings (SSSR count). The maximum absolute atomic E-state index is 14.1. The summed E-state index contributed by atoms with van der Waals surface area (Å²) in [6.07, 6.45) is 0.342. The molecule has 0 bridgehead atoms. The van der Waals surface area contributed by atoms with Gasteiger partial charge in [-0.2, -0.15) is 0 Å². The Morgan fingerprint density at radius 3 is 2.09 bits per heavy atom. The van der Waals surface area contributed by atoms with Crippen LogP contribution in [0, 0.1) is 0 Å². The topological polar surface area (TPSA) is 149 Å². The monoisotopic (exact) mass is 647 g/mol. The Morgan fingerprint density at radius 1 is 0.844 bits per heavy atom. The lowest BCUT2D eigenvalue weighted by Crippen LogP contribution is -2.49. The molecule has 0 saturated heterocycles. The van der Waals surface area contributed by atoms with Gasteiger partial charge in [0, 0.05) is 19.5 Å². The van der Waals surface area contributed by atoms with E-state index in [1.807, 2.05) is 73.7 Å². The van der Waals surface area contributed by atoms with Gasteiger partial charge in [0.25, 0.3) is 5.91 Å². The summed E-state index contributed by atoms with van der Waals surface area (Å²) in [6.45, 7) is 3.06. The third-order valence-electron chi connectivity index (χ3n) is 7.19. The zero-order valence-corrected chi connectivity index (χ0v) is 26.3. The van der Waals surface area contributed by atoms with E-state index in [9.17, 15) is 14.4 Å². The first kappa shape index (κ1) is 33.5. The third-order valence-corrected chi connectivity index (χ3v) is 7.86. The van der Waals surface area contributed by atoms with E-state index in [1.165, 1.54) is 6.07 Å². The zero-order chi connectivity index (χ0) is 32.3. The first-order chi connectivity index (χ1) is 21.7. The van der Waals surface area contributed by atoms with Crippen LogP contribution in [-0.4, -0.2) is 35.4 Å². The number of ether oxygens (including phenoxy) is 1. The van der Waals surface area contributed by atoms with Crippen molar-refractivity contribution >= 4 is 40.9 Å². The number of carbonyl (C=O) groups is 3. The summed E-state index contributed by atoms with van der Waals surface area (Å²) >= 11 is 12.4. The Morgan fingerprint density at radius 2 is 1.47 bits per heavy atom. The number of nitrogens with zero attached hydrogens (tertiary/aromatic N) is 1. The lowest BCUT2D eigenvalue weighted by Gasteiger charge is -2.24. The van der Waals surface area contributed by atoms with Gasteiger partial charge in [-0.15, -0.1) is 0 Å². The molecule has 1 heterocycles. The molecule has 1 aromatic heterocycles. The number of nitrogens with one attached hydrogen (secondary N) is 2. The van der Waals surface area contributed by atoms with E-state index < -0.39 is 23.8 Å². The fourth-order valence-corrected chi connectivity index (χ4v) is 5.11. The number of hydrogen-bond donors (Lipinski definition) is 4. The fraction of sp³-hybridized carbons (Fsp3) is 0.235. The molecule has 0 unspecified atom stereocenters. The van der Waals surface area contributed by atoms with E-state index >= 15 is 0 Å². The van der Waals surface area contributed by atoms with E-state index in [-0.39, 0.29) is 46.7 Å². The average molecular weight is 649 g/mol. The minimum atomic E-state index is -1.05. The Balaban J connectivity index is 1.65. The molecule has 6 N–H and O–H groups in total. The van der Waals surface area contributed by atoms with Gasteiger partial charge in [0.05, 0.1) is 28.8 Å². The van der Waals surface area contributed by atoms with Crippen LogP contribution in [0.15, 0.2) is 84.9 Å². The van der Waals surface area contributed by atoms with E-state index in [2.05, 4.69) is 15.6 Å². The molecule has 3 amide bonds. The average Bonchev–Trinajstić information content (AvgIpc) is 3.04. The number of rotatable bonds is 14. The molecule has 2 atom stereocenters. The Labute approximate surface area is 272 Å². The van der Waals surface area contributed by atoms with Gasteiger partial charge in [0.1, 0.15) is 16.9 Å². The highest BCUT2D eigenvalue weighted by Gasteiger charge is 2.31. The van der Waals surface area contributed by atoms with Crippen molar-refractivity contribution in [3.05, 3.63) is 129 Å². The maximum Gasteiger partial charge on any atom is 0.250 e. The molecule has 0 spiro atoms. The fourth-order valence-electron chi connectivity index (χ4n) is 4.82. The summed E-state index contributed by atoms with van der Waals surface area (Å²) in [7, 11) is 0. The van der Waals surface area contributed by atoms with Crippen molar-refractivity contribution in [1.82, 2.24) is 15.6 Å². The number of benzene rings is 3. The number of hydrogen-bond acceptors (Lipinski definition) is 6. The molecule has 11 heteroatoms. The van der Waals surface area contributed by atoms with Gasteiger partial charge in [-0.1, -0.05) is 89.9 Å². The van der Waals surface area contributed by atoms with Gasteiger partial charge >= 0.3 is 0 Å². The SMILES string of the molecule is CCOc1ccc(C[C@@H](C(=O)N[C@@H](Cc2ccccc2)C(=O)NCc2ccc(CN)cc2)c2nc(Cl)c(Cl)cc2C(N)=O)cc1. The smallest absolute Gasteiger partial charge is 0.250 e.